The van der Waals surface area contributed by atoms with Gasteiger partial charge in [0.15, 0.2) is 0 Å². The Bertz CT molecular complexity index is 413. The van der Waals surface area contributed by atoms with Crippen LogP contribution in [0.25, 0.3) is 0 Å². The lowest BCUT2D eigenvalue weighted by atomic mass is 10.0. The SMILES string of the molecule is C=CCC/C(=C\C(=O)OCl)CC/C=C(\C)CCC=C(C)C. The van der Waals surface area contributed by atoms with Crippen LogP contribution in [0.5, 0.6) is 0 Å². The van der Waals surface area contributed by atoms with E-state index in [-0.39, 0.29) is 0 Å². The molecule has 0 N–H and O–H groups in total. The Morgan fingerprint density at radius 1 is 1.05 bits per heavy atom. The maximum absolute atomic E-state index is 11.2. The van der Waals surface area contributed by atoms with Crippen molar-refractivity contribution in [2.75, 3.05) is 0 Å². The molecule has 2 nitrogen and oxygen atoms in total. The van der Waals surface area contributed by atoms with Gasteiger partial charge in [-0.25, -0.2) is 4.79 Å². The van der Waals surface area contributed by atoms with Crippen LogP contribution in [0.3, 0.4) is 0 Å². The second-order valence-electron chi connectivity index (χ2n) is 5.44. The van der Waals surface area contributed by atoms with Gasteiger partial charge >= 0.3 is 5.97 Å². The smallest absolute Gasteiger partial charge is 0.344 e. The van der Waals surface area contributed by atoms with E-state index in [0.29, 0.717) is 0 Å². The highest BCUT2D eigenvalue weighted by Gasteiger charge is 2.02. The molecular weight excluding hydrogens is 284 g/mol. The molecule has 0 amide bonds. The minimum atomic E-state index is -0.500. The molecule has 0 unspecified atom stereocenters. The third kappa shape index (κ3) is 12.2. The standard InChI is InChI=1S/C18H27ClO2/c1-5-6-12-17(14-18(20)21-19)13-8-11-16(4)10-7-9-15(2)3/h5,9,11,14H,1,6-8,10,12-13H2,2-4H3/b16-11+,17-14+. The number of hydrogen-bond acceptors (Lipinski definition) is 2. The first-order valence-corrected chi connectivity index (χ1v) is 7.72. The van der Waals surface area contributed by atoms with Crippen LogP contribution in [0.1, 0.15) is 59.3 Å². The molecule has 21 heavy (non-hydrogen) atoms. The highest BCUT2D eigenvalue weighted by atomic mass is 35.5. The fourth-order valence-corrected chi connectivity index (χ4v) is 1.98. The van der Waals surface area contributed by atoms with Crippen molar-refractivity contribution >= 4 is 17.8 Å². The van der Waals surface area contributed by atoms with Crippen molar-refractivity contribution < 1.29 is 9.08 Å². The number of carbonyl (C=O) groups excluding carboxylic acids is 1. The van der Waals surface area contributed by atoms with Crippen molar-refractivity contribution in [3.8, 4) is 0 Å². The van der Waals surface area contributed by atoms with Crippen LogP contribution in [0.4, 0.5) is 0 Å². The molecule has 0 aliphatic rings. The van der Waals surface area contributed by atoms with Gasteiger partial charge < -0.3 is 4.29 Å². The third-order valence-electron chi connectivity index (χ3n) is 3.12. The topological polar surface area (TPSA) is 26.3 Å². The number of allylic oxidation sites excluding steroid dienone is 6. The summed E-state index contributed by atoms with van der Waals surface area (Å²) in [5, 5.41) is 0. The van der Waals surface area contributed by atoms with Gasteiger partial charge in [0.1, 0.15) is 11.9 Å². The maximum Gasteiger partial charge on any atom is 0.348 e. The molecule has 0 aromatic heterocycles. The molecule has 0 aromatic rings. The summed E-state index contributed by atoms with van der Waals surface area (Å²) in [6.45, 7) is 10.1. The number of halogens is 1. The summed E-state index contributed by atoms with van der Waals surface area (Å²) in [7, 11) is 0. The normalized spacial score (nSPS) is 12.0. The van der Waals surface area contributed by atoms with E-state index >= 15 is 0 Å². The monoisotopic (exact) mass is 310 g/mol. The highest BCUT2D eigenvalue weighted by molar-refractivity contribution is 6.14. The molecule has 0 spiro atoms. The van der Waals surface area contributed by atoms with E-state index in [2.05, 4.69) is 43.8 Å². The zero-order chi connectivity index (χ0) is 16.1. The zero-order valence-electron chi connectivity index (χ0n) is 13.5. The average molecular weight is 311 g/mol. The van der Waals surface area contributed by atoms with E-state index in [4.69, 9.17) is 11.9 Å². The van der Waals surface area contributed by atoms with Gasteiger partial charge in [0.05, 0.1) is 0 Å². The largest absolute Gasteiger partial charge is 0.348 e. The fraction of sp³-hybridized carbons (Fsp3) is 0.500. The zero-order valence-corrected chi connectivity index (χ0v) is 14.2. The molecule has 0 saturated carbocycles. The van der Waals surface area contributed by atoms with Gasteiger partial charge in [-0.15, -0.1) is 6.58 Å². The van der Waals surface area contributed by atoms with Gasteiger partial charge in [-0.2, -0.15) is 0 Å². The molecule has 0 aromatic carbocycles. The summed E-state index contributed by atoms with van der Waals surface area (Å²) in [4.78, 5) is 11.2. The van der Waals surface area contributed by atoms with Crippen LogP contribution in [0.2, 0.25) is 0 Å². The second-order valence-corrected chi connectivity index (χ2v) is 5.59. The molecule has 0 saturated heterocycles. The third-order valence-corrected chi connectivity index (χ3v) is 3.27. The Morgan fingerprint density at radius 3 is 2.24 bits per heavy atom. The Balaban J connectivity index is 4.33. The first-order valence-electron chi connectivity index (χ1n) is 7.41. The van der Waals surface area contributed by atoms with Crippen LogP contribution in [-0.2, 0) is 9.08 Å². The Kier molecular flexibility index (Phi) is 11.7. The molecule has 0 bridgehead atoms. The number of carbonyl (C=O) groups is 1. The molecule has 0 heterocycles. The molecule has 0 aliphatic carbocycles. The van der Waals surface area contributed by atoms with Gasteiger partial charge in [0.25, 0.3) is 0 Å². The van der Waals surface area contributed by atoms with E-state index in [1.54, 1.807) is 0 Å². The molecule has 0 rings (SSSR count). The van der Waals surface area contributed by atoms with Crippen molar-refractivity contribution in [1.82, 2.24) is 0 Å². The lowest BCUT2D eigenvalue weighted by Crippen LogP contribution is -1.95. The Morgan fingerprint density at radius 2 is 1.67 bits per heavy atom. The van der Waals surface area contributed by atoms with Crippen LogP contribution in [-0.4, -0.2) is 5.97 Å². The lowest BCUT2D eigenvalue weighted by molar-refractivity contribution is -0.128. The van der Waals surface area contributed by atoms with Gasteiger partial charge in [-0.1, -0.05) is 34.9 Å². The van der Waals surface area contributed by atoms with E-state index in [1.807, 2.05) is 6.08 Å². The van der Waals surface area contributed by atoms with Crippen molar-refractivity contribution in [3.05, 3.63) is 47.6 Å². The molecule has 0 atom stereocenters. The fourth-order valence-electron chi connectivity index (χ4n) is 1.94. The van der Waals surface area contributed by atoms with E-state index in [9.17, 15) is 4.79 Å². The summed E-state index contributed by atoms with van der Waals surface area (Å²) >= 11 is 5.07. The van der Waals surface area contributed by atoms with Crippen molar-refractivity contribution in [1.29, 1.82) is 0 Å². The minimum Gasteiger partial charge on any atom is -0.344 e. The predicted molar refractivity (Wildman–Crippen MR) is 91.1 cm³/mol. The molecule has 0 aliphatic heterocycles. The molecular formula is C18H27ClO2. The summed E-state index contributed by atoms with van der Waals surface area (Å²) in [5.74, 6) is -0.500. The number of hydrogen-bond donors (Lipinski definition) is 0. The van der Waals surface area contributed by atoms with Gasteiger partial charge in [0, 0.05) is 6.08 Å². The van der Waals surface area contributed by atoms with Crippen molar-refractivity contribution in [2.24, 2.45) is 0 Å². The summed E-state index contributed by atoms with van der Waals surface area (Å²) in [6.07, 6.45) is 13.5. The van der Waals surface area contributed by atoms with Crippen LogP contribution in [0, 0.1) is 0 Å². The number of rotatable bonds is 10. The molecule has 0 radical (unpaired) electrons. The molecule has 118 valence electrons. The molecule has 3 heteroatoms. The van der Waals surface area contributed by atoms with Crippen molar-refractivity contribution in [2.45, 2.75) is 59.3 Å². The van der Waals surface area contributed by atoms with Gasteiger partial charge in [-0.3, -0.25) is 0 Å². The first-order chi connectivity index (χ1) is 9.99. The van der Waals surface area contributed by atoms with Crippen LogP contribution in [0.15, 0.2) is 47.6 Å². The Labute approximate surface area is 134 Å². The lowest BCUT2D eigenvalue weighted by Gasteiger charge is -2.05. The minimum absolute atomic E-state index is 0.500. The Hall–Kier alpha value is -1.28. The quantitative estimate of drug-likeness (QED) is 0.363. The molecule has 0 fully saturated rings. The summed E-state index contributed by atoms with van der Waals surface area (Å²) in [6, 6.07) is 0. The summed E-state index contributed by atoms with van der Waals surface area (Å²) < 4.78 is 4.17. The van der Waals surface area contributed by atoms with Gasteiger partial charge in [0.2, 0.25) is 0 Å². The van der Waals surface area contributed by atoms with Crippen LogP contribution < -0.4 is 0 Å². The second kappa shape index (κ2) is 12.5. The summed E-state index contributed by atoms with van der Waals surface area (Å²) in [5.41, 5.74) is 3.79. The van der Waals surface area contributed by atoms with Crippen molar-refractivity contribution in [3.63, 3.8) is 0 Å². The maximum atomic E-state index is 11.2. The first kappa shape index (κ1) is 19.7. The van der Waals surface area contributed by atoms with E-state index in [1.165, 1.54) is 17.2 Å². The average Bonchev–Trinajstić information content (AvgIpc) is 2.43. The predicted octanol–water partition coefficient (Wildman–Crippen LogP) is 6.05. The van der Waals surface area contributed by atoms with Gasteiger partial charge in [-0.05, 0) is 59.3 Å². The highest BCUT2D eigenvalue weighted by Crippen LogP contribution is 2.16. The van der Waals surface area contributed by atoms with E-state index in [0.717, 1.165) is 44.1 Å². The van der Waals surface area contributed by atoms with E-state index < -0.39 is 5.97 Å². The van der Waals surface area contributed by atoms with Crippen LogP contribution >= 0.6 is 11.9 Å².